The number of aryl methyl sites for hydroxylation is 1. The van der Waals surface area contributed by atoms with Gasteiger partial charge in [0.05, 0.1) is 5.56 Å². The number of halogens is 6. The summed E-state index contributed by atoms with van der Waals surface area (Å²) in [6.45, 7) is 1.95. The highest BCUT2D eigenvalue weighted by molar-refractivity contribution is 14.2. The monoisotopic (exact) mass is 570 g/mol. The highest BCUT2D eigenvalue weighted by atomic mass is 127. The molecular weight excluding hydrogens is 558 g/mol. The maximum atomic E-state index is 13.7. The summed E-state index contributed by atoms with van der Waals surface area (Å²) < 4.78 is 67.0. The molecule has 12 heteroatoms. The van der Waals surface area contributed by atoms with E-state index in [9.17, 15) is 22.0 Å². The zero-order valence-electron chi connectivity index (χ0n) is 15.4. The number of thioether (sulfide) groups is 1. The summed E-state index contributed by atoms with van der Waals surface area (Å²) in [4.78, 5) is 13.2. The second-order valence-electron chi connectivity index (χ2n) is 5.94. The van der Waals surface area contributed by atoms with E-state index < -0.39 is 17.7 Å². The Balaban J connectivity index is 2.14. The van der Waals surface area contributed by atoms with Crippen molar-refractivity contribution in [1.29, 1.82) is 0 Å². The molecular formula is C18H12F5IN4S2. The first kappa shape index (κ1) is 23.1. The van der Waals surface area contributed by atoms with Gasteiger partial charge >= 0.3 is 12.1 Å². The molecule has 3 aromatic heterocycles. The Morgan fingerprint density at radius 2 is 1.87 bits per heavy atom. The van der Waals surface area contributed by atoms with Crippen molar-refractivity contribution in [3.05, 3.63) is 35.7 Å². The van der Waals surface area contributed by atoms with Gasteiger partial charge in [-0.3, -0.25) is 4.98 Å². The fourth-order valence-electron chi connectivity index (χ4n) is 2.65. The van der Waals surface area contributed by atoms with Crippen LogP contribution in [-0.4, -0.2) is 31.4 Å². The molecule has 4 nitrogen and oxygen atoms in total. The quantitative estimate of drug-likeness (QED) is 0.162. The predicted molar refractivity (Wildman–Crippen MR) is 117 cm³/mol. The molecule has 0 spiro atoms. The second kappa shape index (κ2) is 8.88. The van der Waals surface area contributed by atoms with Crippen LogP contribution in [0.3, 0.4) is 0 Å². The summed E-state index contributed by atoms with van der Waals surface area (Å²) in [5, 5.41) is 2.87. The molecule has 0 radical (unpaired) electrons. The van der Waals surface area contributed by atoms with E-state index in [-0.39, 0.29) is 11.2 Å². The fourth-order valence-corrected chi connectivity index (χ4v) is 3.94. The Bertz CT molecular complexity index is 1150. The molecule has 3 aromatic rings. The maximum Gasteiger partial charge on any atom is 0.458 e. The summed E-state index contributed by atoms with van der Waals surface area (Å²) in [5.41, 5.74) is 0.00622. The van der Waals surface area contributed by atoms with Crippen molar-refractivity contribution >= 4 is 53.1 Å². The lowest BCUT2D eigenvalue weighted by Crippen LogP contribution is -2.33. The van der Waals surface area contributed by atoms with Gasteiger partial charge in [0.1, 0.15) is 11.2 Å². The van der Waals surface area contributed by atoms with Gasteiger partial charge < -0.3 is 4.57 Å². The highest BCUT2D eigenvalue weighted by Gasteiger charge is 2.59. The maximum absolute atomic E-state index is 13.7. The van der Waals surface area contributed by atoms with E-state index in [1.54, 1.807) is 13.2 Å². The molecule has 0 fully saturated rings. The van der Waals surface area contributed by atoms with E-state index in [4.69, 9.17) is 0 Å². The summed E-state index contributed by atoms with van der Waals surface area (Å²) in [6, 6.07) is 2.55. The number of pyridine rings is 2. The molecule has 0 saturated heterocycles. The van der Waals surface area contributed by atoms with Crippen LogP contribution in [0.15, 0.2) is 29.4 Å². The standard InChI is InChI=1S/C18H12F5IN4S2/c1-3-29-13-6-10(4-5-30-24)8-25-14(13)16-27-12-7-11(9-26-15(12)28(16)2)17(19,20)18(21,22)23/h6-9H,3H2,1-2H3. The molecule has 0 aromatic carbocycles. The first-order chi connectivity index (χ1) is 14.1. The van der Waals surface area contributed by atoms with E-state index >= 15 is 0 Å². The number of alkyl halides is 5. The van der Waals surface area contributed by atoms with Gasteiger partial charge in [0.2, 0.25) is 0 Å². The number of imidazole rings is 1. The number of aromatic nitrogens is 4. The first-order valence-corrected chi connectivity index (χ1v) is 12.6. The van der Waals surface area contributed by atoms with Crippen LogP contribution in [0.5, 0.6) is 0 Å². The minimum atomic E-state index is -5.72. The second-order valence-corrected chi connectivity index (χ2v) is 8.93. The topological polar surface area (TPSA) is 43.6 Å². The van der Waals surface area contributed by atoms with Gasteiger partial charge in [0.25, 0.3) is 0 Å². The fraction of sp³-hybridized carbons (Fsp3) is 0.278. The Kier molecular flexibility index (Phi) is 6.83. The van der Waals surface area contributed by atoms with Crippen molar-refractivity contribution in [1.82, 2.24) is 19.5 Å². The number of hydrogen-bond acceptors (Lipinski definition) is 5. The molecule has 158 valence electrons. The van der Waals surface area contributed by atoms with Crippen LogP contribution in [0.2, 0.25) is 0 Å². The van der Waals surface area contributed by atoms with Crippen molar-refractivity contribution in [2.45, 2.75) is 23.9 Å². The Hall–Kier alpha value is -1.59. The smallest absolute Gasteiger partial charge is 0.310 e. The van der Waals surface area contributed by atoms with Crippen molar-refractivity contribution in [2.24, 2.45) is 7.05 Å². The van der Waals surface area contributed by atoms with Crippen molar-refractivity contribution in [3.63, 3.8) is 0 Å². The average molecular weight is 570 g/mol. The molecule has 0 N–H and O–H groups in total. The molecule has 0 bridgehead atoms. The van der Waals surface area contributed by atoms with Crippen LogP contribution in [0.4, 0.5) is 22.0 Å². The lowest BCUT2D eigenvalue weighted by molar-refractivity contribution is -0.289. The largest absolute Gasteiger partial charge is 0.458 e. The van der Waals surface area contributed by atoms with Gasteiger partial charge in [0.15, 0.2) is 11.5 Å². The van der Waals surface area contributed by atoms with Crippen molar-refractivity contribution in [2.75, 3.05) is 5.75 Å². The molecule has 0 aliphatic heterocycles. The predicted octanol–water partition coefficient (Wildman–Crippen LogP) is 6.19. The molecule has 0 amide bonds. The van der Waals surface area contributed by atoms with Crippen LogP contribution in [0.1, 0.15) is 18.1 Å². The van der Waals surface area contributed by atoms with Gasteiger partial charge in [0, 0.05) is 51.1 Å². The van der Waals surface area contributed by atoms with E-state index in [1.807, 2.05) is 13.0 Å². The van der Waals surface area contributed by atoms with E-state index in [2.05, 4.69) is 47.3 Å². The zero-order valence-corrected chi connectivity index (χ0v) is 19.2. The van der Waals surface area contributed by atoms with Gasteiger partial charge in [-0.2, -0.15) is 22.0 Å². The zero-order chi connectivity index (χ0) is 22.1. The number of hydrogen-bond donors (Lipinski definition) is 0. The van der Waals surface area contributed by atoms with Crippen molar-refractivity contribution < 1.29 is 22.0 Å². The lowest BCUT2D eigenvalue weighted by Gasteiger charge is -2.19. The summed E-state index contributed by atoms with van der Waals surface area (Å²) in [7, 11) is 2.93. The van der Waals surface area contributed by atoms with Gasteiger partial charge in [-0.25, -0.2) is 9.97 Å². The summed E-state index contributed by atoms with van der Waals surface area (Å²) >= 11 is 3.55. The molecule has 0 saturated carbocycles. The minimum absolute atomic E-state index is 0.0756. The van der Waals surface area contributed by atoms with Gasteiger partial charge in [-0.15, -0.1) is 11.8 Å². The minimum Gasteiger partial charge on any atom is -0.310 e. The van der Waals surface area contributed by atoms with Crippen LogP contribution in [-0.2, 0) is 13.0 Å². The third kappa shape index (κ3) is 4.38. The van der Waals surface area contributed by atoms with Crippen LogP contribution < -0.4 is 0 Å². The van der Waals surface area contributed by atoms with E-state index in [0.29, 0.717) is 29.3 Å². The van der Waals surface area contributed by atoms with Crippen molar-refractivity contribution in [3.8, 4) is 22.7 Å². The molecule has 3 heterocycles. The number of fused-ring (bicyclic) bond motifs is 1. The number of nitrogens with zero attached hydrogens (tertiary/aromatic N) is 4. The van der Waals surface area contributed by atoms with Gasteiger partial charge in [-0.1, -0.05) is 12.8 Å². The summed E-state index contributed by atoms with van der Waals surface area (Å²) in [6.07, 6.45) is -3.64. The van der Waals surface area contributed by atoms with E-state index in [0.717, 1.165) is 10.6 Å². The molecule has 0 aliphatic rings. The third-order valence-corrected chi connectivity index (χ3v) is 5.78. The van der Waals surface area contributed by atoms with E-state index in [1.165, 1.54) is 25.3 Å². The average Bonchev–Trinajstić information content (AvgIpc) is 3.02. The molecule has 0 aliphatic carbocycles. The Labute approximate surface area is 189 Å². The Morgan fingerprint density at radius 3 is 2.50 bits per heavy atom. The normalized spacial score (nSPS) is 12.1. The van der Waals surface area contributed by atoms with Gasteiger partial charge in [-0.05, 0) is 32.1 Å². The van der Waals surface area contributed by atoms with Crippen LogP contribution in [0, 0.1) is 11.2 Å². The third-order valence-electron chi connectivity index (χ3n) is 4.03. The molecule has 3 rings (SSSR count). The summed E-state index contributed by atoms with van der Waals surface area (Å²) in [5.74, 6) is -1.03. The molecule has 0 atom stereocenters. The lowest BCUT2D eigenvalue weighted by atomic mass is 10.1. The van der Waals surface area contributed by atoms with Crippen LogP contribution in [0.25, 0.3) is 22.7 Å². The SMILES string of the molecule is CCSc1cc(C#CSI)cnc1-c1nc2cc(C(F)(F)C(F)(F)F)cnc2n1C. The molecule has 30 heavy (non-hydrogen) atoms. The number of rotatable bonds is 4. The molecule has 0 unspecified atom stereocenters. The Morgan fingerprint density at radius 1 is 1.13 bits per heavy atom. The van der Waals surface area contributed by atoms with Crippen LogP contribution >= 0.6 is 41.9 Å². The highest BCUT2D eigenvalue weighted by Crippen LogP contribution is 2.44. The first-order valence-electron chi connectivity index (χ1n) is 8.29.